The van der Waals surface area contributed by atoms with E-state index in [-0.39, 0.29) is 5.41 Å². The van der Waals surface area contributed by atoms with E-state index in [0.717, 1.165) is 31.1 Å². The Morgan fingerprint density at radius 2 is 2.26 bits per heavy atom. The summed E-state index contributed by atoms with van der Waals surface area (Å²) in [4.78, 5) is 0. The van der Waals surface area contributed by atoms with E-state index in [1.165, 1.54) is 12.0 Å². The summed E-state index contributed by atoms with van der Waals surface area (Å²) in [5, 5.41) is 7.14. The first-order valence-electron chi connectivity index (χ1n) is 6.98. The predicted molar refractivity (Wildman–Crippen MR) is 74.5 cm³/mol. The number of fused-ring (bicyclic) bond motifs is 1. The van der Waals surface area contributed by atoms with Gasteiger partial charge in [-0.15, -0.1) is 0 Å². The molecule has 0 aliphatic carbocycles. The second-order valence-corrected chi connectivity index (χ2v) is 6.04. The Morgan fingerprint density at radius 3 is 3.11 bits per heavy atom. The van der Waals surface area contributed by atoms with Crippen LogP contribution in [0.2, 0.25) is 0 Å². The van der Waals surface area contributed by atoms with Crippen molar-refractivity contribution in [1.82, 2.24) is 10.6 Å². The molecule has 104 valence electrons. The van der Waals surface area contributed by atoms with Gasteiger partial charge in [0.2, 0.25) is 6.79 Å². The van der Waals surface area contributed by atoms with Crippen molar-refractivity contribution in [3.05, 3.63) is 23.8 Å². The number of benzene rings is 1. The molecule has 0 aromatic heterocycles. The molecular formula is C15H22N2O2. The van der Waals surface area contributed by atoms with Crippen LogP contribution in [0.1, 0.15) is 25.8 Å². The Labute approximate surface area is 114 Å². The van der Waals surface area contributed by atoms with E-state index in [1.54, 1.807) is 0 Å². The van der Waals surface area contributed by atoms with E-state index in [4.69, 9.17) is 9.47 Å². The summed E-state index contributed by atoms with van der Waals surface area (Å²) in [6.45, 7) is 7.95. The predicted octanol–water partition coefficient (Wildman–Crippen LogP) is 1.89. The van der Waals surface area contributed by atoms with Crippen molar-refractivity contribution >= 4 is 0 Å². The van der Waals surface area contributed by atoms with Gasteiger partial charge in [-0.2, -0.15) is 0 Å². The van der Waals surface area contributed by atoms with Crippen molar-refractivity contribution in [3.8, 4) is 11.5 Å². The van der Waals surface area contributed by atoms with Crippen LogP contribution in [0.5, 0.6) is 11.5 Å². The van der Waals surface area contributed by atoms with E-state index < -0.39 is 0 Å². The largest absolute Gasteiger partial charge is 0.454 e. The third kappa shape index (κ3) is 2.55. The zero-order valence-electron chi connectivity index (χ0n) is 11.7. The van der Waals surface area contributed by atoms with E-state index >= 15 is 0 Å². The molecule has 2 aliphatic heterocycles. The lowest BCUT2D eigenvalue weighted by molar-refractivity contribution is 0.171. The van der Waals surface area contributed by atoms with Crippen LogP contribution in [0.3, 0.4) is 0 Å². The Hall–Kier alpha value is -1.26. The van der Waals surface area contributed by atoms with Crippen LogP contribution in [0.15, 0.2) is 18.2 Å². The number of rotatable bonds is 3. The minimum Gasteiger partial charge on any atom is -0.454 e. The van der Waals surface area contributed by atoms with Gasteiger partial charge in [0.05, 0.1) is 0 Å². The lowest BCUT2D eigenvalue weighted by Crippen LogP contribution is -2.52. The molecule has 4 heteroatoms. The highest BCUT2D eigenvalue weighted by molar-refractivity contribution is 5.48. The molecule has 1 atom stereocenters. The van der Waals surface area contributed by atoms with Gasteiger partial charge in [0.15, 0.2) is 11.5 Å². The monoisotopic (exact) mass is 262 g/mol. The molecule has 4 nitrogen and oxygen atoms in total. The minimum atomic E-state index is 0.285. The summed E-state index contributed by atoms with van der Waals surface area (Å²) in [5.41, 5.74) is 1.47. The van der Waals surface area contributed by atoms with Gasteiger partial charge in [-0.05, 0) is 24.4 Å². The van der Waals surface area contributed by atoms with Crippen LogP contribution < -0.4 is 20.1 Å². The van der Waals surface area contributed by atoms with Gasteiger partial charge < -0.3 is 20.1 Å². The first-order valence-corrected chi connectivity index (χ1v) is 6.98. The molecule has 0 spiro atoms. The van der Waals surface area contributed by atoms with Gasteiger partial charge in [0.25, 0.3) is 0 Å². The molecular weight excluding hydrogens is 240 g/mol. The van der Waals surface area contributed by atoms with Gasteiger partial charge in [-0.1, -0.05) is 26.0 Å². The van der Waals surface area contributed by atoms with Gasteiger partial charge >= 0.3 is 0 Å². The standard InChI is InChI=1S/C15H22N2O2/c1-15(2)9-16-7-6-13(15)17-8-11-4-3-5-12-14(11)19-10-18-12/h3-5,13,16-17H,6-10H2,1-2H3. The van der Waals surface area contributed by atoms with Crippen LogP contribution in [0, 0.1) is 5.41 Å². The third-order valence-corrected chi connectivity index (χ3v) is 4.15. The fourth-order valence-corrected chi connectivity index (χ4v) is 2.91. The van der Waals surface area contributed by atoms with Crippen molar-refractivity contribution in [3.63, 3.8) is 0 Å². The average Bonchev–Trinajstić information content (AvgIpc) is 2.86. The molecule has 0 bridgehead atoms. The molecule has 0 radical (unpaired) electrons. The maximum absolute atomic E-state index is 5.55. The van der Waals surface area contributed by atoms with Crippen LogP contribution in [0.25, 0.3) is 0 Å². The smallest absolute Gasteiger partial charge is 0.231 e. The lowest BCUT2D eigenvalue weighted by Gasteiger charge is -2.39. The minimum absolute atomic E-state index is 0.285. The Morgan fingerprint density at radius 1 is 1.37 bits per heavy atom. The molecule has 1 unspecified atom stereocenters. The van der Waals surface area contributed by atoms with Crippen molar-refractivity contribution < 1.29 is 9.47 Å². The molecule has 3 rings (SSSR count). The molecule has 2 aliphatic rings. The molecule has 1 aromatic carbocycles. The van der Waals surface area contributed by atoms with Crippen molar-refractivity contribution in [2.45, 2.75) is 32.9 Å². The van der Waals surface area contributed by atoms with Crippen LogP contribution in [-0.2, 0) is 6.54 Å². The number of para-hydroxylation sites is 1. The Kier molecular flexibility index (Phi) is 3.37. The maximum atomic E-state index is 5.55. The number of ether oxygens (including phenoxy) is 2. The van der Waals surface area contributed by atoms with E-state index in [0.29, 0.717) is 12.8 Å². The second-order valence-electron chi connectivity index (χ2n) is 6.04. The number of nitrogens with one attached hydrogen (secondary N) is 2. The topological polar surface area (TPSA) is 42.5 Å². The molecule has 0 saturated carbocycles. The van der Waals surface area contributed by atoms with Crippen LogP contribution in [0.4, 0.5) is 0 Å². The summed E-state index contributed by atoms with van der Waals surface area (Å²) >= 11 is 0. The number of piperidine rings is 1. The normalized spacial score (nSPS) is 24.4. The lowest BCUT2D eigenvalue weighted by atomic mass is 9.80. The summed E-state index contributed by atoms with van der Waals surface area (Å²) < 4.78 is 11.0. The fourth-order valence-electron chi connectivity index (χ4n) is 2.91. The third-order valence-electron chi connectivity index (χ3n) is 4.15. The molecule has 1 saturated heterocycles. The molecule has 0 amide bonds. The average molecular weight is 262 g/mol. The highest BCUT2D eigenvalue weighted by Gasteiger charge is 2.32. The number of hydrogen-bond donors (Lipinski definition) is 2. The molecule has 1 fully saturated rings. The first-order chi connectivity index (χ1) is 9.17. The van der Waals surface area contributed by atoms with Gasteiger partial charge in [-0.3, -0.25) is 0 Å². The van der Waals surface area contributed by atoms with Gasteiger partial charge in [-0.25, -0.2) is 0 Å². The van der Waals surface area contributed by atoms with Crippen molar-refractivity contribution in [1.29, 1.82) is 0 Å². The van der Waals surface area contributed by atoms with Crippen molar-refractivity contribution in [2.24, 2.45) is 5.41 Å². The quantitative estimate of drug-likeness (QED) is 0.873. The SMILES string of the molecule is CC1(C)CNCCC1NCc1cccc2c1OCO2. The van der Waals surface area contributed by atoms with E-state index in [2.05, 4.69) is 30.5 Å². The van der Waals surface area contributed by atoms with Gasteiger partial charge in [0.1, 0.15) is 0 Å². The summed E-state index contributed by atoms with van der Waals surface area (Å²) in [7, 11) is 0. The molecule has 1 aromatic rings. The summed E-state index contributed by atoms with van der Waals surface area (Å²) in [6.07, 6.45) is 1.17. The zero-order chi connectivity index (χ0) is 13.3. The van der Waals surface area contributed by atoms with E-state index in [9.17, 15) is 0 Å². The second kappa shape index (κ2) is 5.02. The van der Waals surface area contributed by atoms with E-state index in [1.807, 2.05) is 12.1 Å². The highest BCUT2D eigenvalue weighted by atomic mass is 16.7. The Bertz CT molecular complexity index is 459. The van der Waals surface area contributed by atoms with Crippen LogP contribution >= 0.6 is 0 Å². The first kappa shape index (κ1) is 12.8. The summed E-state index contributed by atoms with van der Waals surface area (Å²) in [5.74, 6) is 1.77. The highest BCUT2D eigenvalue weighted by Crippen LogP contribution is 2.35. The maximum Gasteiger partial charge on any atom is 0.231 e. The number of hydrogen-bond acceptors (Lipinski definition) is 4. The fraction of sp³-hybridized carbons (Fsp3) is 0.600. The molecule has 19 heavy (non-hydrogen) atoms. The molecule has 2 heterocycles. The van der Waals surface area contributed by atoms with Crippen molar-refractivity contribution in [2.75, 3.05) is 19.9 Å². The zero-order valence-corrected chi connectivity index (χ0v) is 11.7. The molecule has 2 N–H and O–H groups in total. The Balaban J connectivity index is 1.68. The summed E-state index contributed by atoms with van der Waals surface area (Å²) in [6, 6.07) is 6.62. The van der Waals surface area contributed by atoms with Gasteiger partial charge in [0, 0.05) is 24.7 Å². The van der Waals surface area contributed by atoms with Crippen LogP contribution in [-0.4, -0.2) is 25.9 Å².